The Morgan fingerprint density at radius 1 is 1.14 bits per heavy atom. The second kappa shape index (κ2) is 8.39. The minimum atomic E-state index is -3.91. The van der Waals surface area contributed by atoms with Crippen LogP contribution in [0, 0.1) is 18.3 Å². The van der Waals surface area contributed by atoms with E-state index in [9.17, 15) is 13.2 Å². The maximum atomic E-state index is 12.7. The van der Waals surface area contributed by atoms with Crippen molar-refractivity contribution in [1.29, 1.82) is 5.26 Å². The lowest BCUT2D eigenvalue weighted by Crippen LogP contribution is -2.16. The average molecular weight is 428 g/mol. The number of benzene rings is 2. The molecular weight excluding hydrogens is 414 g/mol. The van der Waals surface area contributed by atoms with Gasteiger partial charge in [-0.05, 0) is 36.8 Å². The van der Waals surface area contributed by atoms with Gasteiger partial charge in [-0.2, -0.15) is 5.26 Å². The molecule has 29 heavy (non-hydrogen) atoms. The number of hydrogen-bond donors (Lipinski definition) is 0. The van der Waals surface area contributed by atoms with E-state index in [1.165, 1.54) is 24.3 Å². The molecule has 0 saturated heterocycles. The molecule has 0 aliphatic carbocycles. The van der Waals surface area contributed by atoms with Gasteiger partial charge in [0.15, 0.2) is 5.69 Å². The van der Waals surface area contributed by atoms with Gasteiger partial charge in [-0.3, -0.25) is 0 Å². The van der Waals surface area contributed by atoms with Gasteiger partial charge in [0.05, 0.1) is 28.6 Å². The standard InChI is InChI=1S/C20H14ClN3O4S/c1-13-2-4-15(5-3-13)12-29(26,27)20-23-11-17(21)18(24-20)19(25)28-16-8-6-14(10-22)7-9-16/h2-9,11H,12H2,1H3. The molecule has 0 N–H and O–H groups in total. The summed E-state index contributed by atoms with van der Waals surface area (Å²) in [7, 11) is -3.91. The summed E-state index contributed by atoms with van der Waals surface area (Å²) < 4.78 is 30.5. The number of carbonyl (C=O) groups is 1. The third kappa shape index (κ3) is 4.96. The van der Waals surface area contributed by atoms with E-state index >= 15 is 0 Å². The number of sulfone groups is 1. The van der Waals surface area contributed by atoms with Crippen LogP contribution in [0.2, 0.25) is 5.02 Å². The summed E-state index contributed by atoms with van der Waals surface area (Å²) >= 11 is 5.97. The number of esters is 1. The molecule has 146 valence electrons. The molecule has 0 atom stereocenters. The zero-order chi connectivity index (χ0) is 21.0. The molecule has 1 aromatic heterocycles. The van der Waals surface area contributed by atoms with Crippen LogP contribution in [0.15, 0.2) is 59.9 Å². The number of aryl methyl sites for hydroxylation is 1. The van der Waals surface area contributed by atoms with Crippen molar-refractivity contribution in [2.24, 2.45) is 0 Å². The summed E-state index contributed by atoms with van der Waals surface area (Å²) in [6.45, 7) is 1.90. The first-order valence-electron chi connectivity index (χ1n) is 8.32. The molecule has 0 bridgehead atoms. The fourth-order valence-electron chi connectivity index (χ4n) is 2.37. The van der Waals surface area contributed by atoms with Gasteiger partial charge >= 0.3 is 5.97 Å². The molecule has 0 unspecified atom stereocenters. The number of aromatic nitrogens is 2. The summed E-state index contributed by atoms with van der Waals surface area (Å²) in [5.41, 5.74) is 1.60. The van der Waals surface area contributed by atoms with Crippen molar-refractivity contribution in [3.05, 3.63) is 82.1 Å². The topological polar surface area (TPSA) is 110 Å². The van der Waals surface area contributed by atoms with Crippen LogP contribution in [0.4, 0.5) is 0 Å². The summed E-state index contributed by atoms with van der Waals surface area (Å²) in [6, 6.07) is 14.8. The Morgan fingerprint density at radius 3 is 2.41 bits per heavy atom. The van der Waals surface area contributed by atoms with Crippen LogP contribution in [0.1, 0.15) is 27.2 Å². The Morgan fingerprint density at radius 2 is 1.79 bits per heavy atom. The number of nitriles is 1. The van der Waals surface area contributed by atoms with E-state index in [2.05, 4.69) is 9.97 Å². The molecule has 2 aromatic carbocycles. The molecule has 3 aromatic rings. The van der Waals surface area contributed by atoms with E-state index in [-0.39, 0.29) is 22.2 Å². The molecule has 0 amide bonds. The van der Waals surface area contributed by atoms with Crippen molar-refractivity contribution >= 4 is 27.4 Å². The summed E-state index contributed by atoms with van der Waals surface area (Å²) in [6.07, 6.45) is 1.05. The van der Waals surface area contributed by atoms with E-state index in [1.54, 1.807) is 24.3 Å². The van der Waals surface area contributed by atoms with Gasteiger partial charge < -0.3 is 4.74 Å². The molecule has 0 radical (unpaired) electrons. The van der Waals surface area contributed by atoms with Crippen molar-refractivity contribution in [3.63, 3.8) is 0 Å². The van der Waals surface area contributed by atoms with Gasteiger partial charge in [0.1, 0.15) is 5.75 Å². The zero-order valence-corrected chi connectivity index (χ0v) is 16.7. The highest BCUT2D eigenvalue weighted by atomic mass is 35.5. The Hall–Kier alpha value is -3.28. The van der Waals surface area contributed by atoms with Crippen LogP contribution >= 0.6 is 11.6 Å². The Labute approximate surface area is 172 Å². The fourth-order valence-corrected chi connectivity index (χ4v) is 3.74. The van der Waals surface area contributed by atoms with Gasteiger partial charge in [0, 0.05) is 0 Å². The number of rotatable bonds is 5. The second-order valence-corrected chi connectivity index (χ2v) is 8.41. The first-order chi connectivity index (χ1) is 13.8. The van der Waals surface area contributed by atoms with Crippen LogP contribution in [0.25, 0.3) is 0 Å². The maximum absolute atomic E-state index is 12.7. The van der Waals surface area contributed by atoms with E-state index in [0.29, 0.717) is 11.1 Å². The van der Waals surface area contributed by atoms with Crippen LogP contribution in [-0.2, 0) is 15.6 Å². The monoisotopic (exact) mass is 427 g/mol. The highest BCUT2D eigenvalue weighted by Gasteiger charge is 2.24. The van der Waals surface area contributed by atoms with E-state index in [1.807, 2.05) is 13.0 Å². The Kier molecular flexibility index (Phi) is 5.92. The third-order valence-corrected chi connectivity index (χ3v) is 5.61. The predicted octanol–water partition coefficient (Wildman–Crippen LogP) is 3.50. The number of ether oxygens (including phenoxy) is 1. The molecule has 0 fully saturated rings. The van der Waals surface area contributed by atoms with Crippen LogP contribution < -0.4 is 4.74 Å². The lowest BCUT2D eigenvalue weighted by molar-refractivity contribution is 0.0727. The summed E-state index contributed by atoms with van der Waals surface area (Å²) in [5.74, 6) is -1.10. The van der Waals surface area contributed by atoms with E-state index < -0.39 is 21.0 Å². The van der Waals surface area contributed by atoms with Gasteiger partial charge in [-0.15, -0.1) is 0 Å². The minimum absolute atomic E-state index is 0.141. The van der Waals surface area contributed by atoms with E-state index in [0.717, 1.165) is 11.8 Å². The Balaban J connectivity index is 1.85. The zero-order valence-electron chi connectivity index (χ0n) is 15.2. The van der Waals surface area contributed by atoms with Crippen LogP contribution in [0.5, 0.6) is 5.75 Å². The van der Waals surface area contributed by atoms with Crippen molar-refractivity contribution in [2.75, 3.05) is 0 Å². The van der Waals surface area contributed by atoms with E-state index in [4.69, 9.17) is 21.6 Å². The largest absolute Gasteiger partial charge is 0.422 e. The van der Waals surface area contributed by atoms with Crippen molar-refractivity contribution in [2.45, 2.75) is 17.8 Å². The first-order valence-corrected chi connectivity index (χ1v) is 10.3. The average Bonchev–Trinajstić information content (AvgIpc) is 2.70. The second-order valence-electron chi connectivity index (χ2n) is 6.12. The molecular formula is C20H14ClN3O4S. The lowest BCUT2D eigenvalue weighted by atomic mass is 10.2. The smallest absolute Gasteiger partial charge is 0.364 e. The van der Waals surface area contributed by atoms with Gasteiger partial charge in [0.2, 0.25) is 15.0 Å². The SMILES string of the molecule is Cc1ccc(CS(=O)(=O)c2ncc(Cl)c(C(=O)Oc3ccc(C#N)cc3)n2)cc1. The van der Waals surface area contributed by atoms with Crippen LogP contribution in [-0.4, -0.2) is 24.4 Å². The number of hydrogen-bond acceptors (Lipinski definition) is 7. The predicted molar refractivity (Wildman–Crippen MR) is 105 cm³/mol. The third-order valence-electron chi connectivity index (χ3n) is 3.86. The van der Waals surface area contributed by atoms with Gasteiger partial charge in [-0.25, -0.2) is 23.2 Å². The van der Waals surface area contributed by atoms with Crippen LogP contribution in [0.3, 0.4) is 0 Å². The molecule has 0 aliphatic heterocycles. The van der Waals surface area contributed by atoms with Crippen molar-refractivity contribution in [1.82, 2.24) is 9.97 Å². The summed E-state index contributed by atoms with van der Waals surface area (Å²) in [5, 5.41) is 8.14. The molecule has 7 nitrogen and oxygen atoms in total. The Bertz CT molecular complexity index is 1200. The minimum Gasteiger partial charge on any atom is -0.422 e. The molecule has 1 heterocycles. The lowest BCUT2D eigenvalue weighted by Gasteiger charge is -2.08. The molecule has 3 rings (SSSR count). The maximum Gasteiger partial charge on any atom is 0.364 e. The molecule has 9 heteroatoms. The quantitative estimate of drug-likeness (QED) is 0.348. The van der Waals surface area contributed by atoms with Gasteiger partial charge in [0.25, 0.3) is 0 Å². The first kappa shape index (κ1) is 20.5. The van der Waals surface area contributed by atoms with Crippen molar-refractivity contribution in [3.8, 4) is 11.8 Å². The number of nitrogens with zero attached hydrogens (tertiary/aromatic N) is 3. The normalized spacial score (nSPS) is 10.9. The van der Waals surface area contributed by atoms with Gasteiger partial charge in [-0.1, -0.05) is 41.4 Å². The summed E-state index contributed by atoms with van der Waals surface area (Å²) in [4.78, 5) is 20.0. The molecule has 0 spiro atoms. The molecule has 0 saturated carbocycles. The highest BCUT2D eigenvalue weighted by Crippen LogP contribution is 2.20. The van der Waals surface area contributed by atoms with Crippen molar-refractivity contribution < 1.29 is 17.9 Å². The number of carbonyl (C=O) groups excluding carboxylic acids is 1. The number of halogens is 1. The molecule has 0 aliphatic rings. The fraction of sp³-hybridized carbons (Fsp3) is 0.100. The highest BCUT2D eigenvalue weighted by molar-refractivity contribution is 7.90.